The van der Waals surface area contributed by atoms with E-state index in [1.54, 1.807) is 0 Å². The smallest absolute Gasteiger partial charge is 0.251 e. The molecule has 0 spiro atoms. The number of hydrogen-bond donors (Lipinski definition) is 1. The van der Waals surface area contributed by atoms with E-state index in [4.69, 9.17) is 0 Å². The van der Waals surface area contributed by atoms with Crippen LogP contribution in [0.25, 0.3) is 10.9 Å². The Morgan fingerprint density at radius 3 is 2.53 bits per heavy atom. The molecule has 2 aromatic rings. The Bertz CT molecular complexity index is 612. The zero-order chi connectivity index (χ0) is 13.8. The minimum absolute atomic E-state index is 0.0587. The van der Waals surface area contributed by atoms with Crippen molar-refractivity contribution in [2.24, 2.45) is 0 Å². The van der Waals surface area contributed by atoms with Gasteiger partial charge in [-0.3, -0.25) is 4.79 Å². The van der Waals surface area contributed by atoms with Crippen LogP contribution in [0, 0.1) is 6.92 Å². The minimum Gasteiger partial charge on any atom is -0.322 e. The summed E-state index contributed by atoms with van der Waals surface area (Å²) in [6.07, 6.45) is 0.813. The first-order valence-corrected chi connectivity index (χ1v) is 7.00. The lowest BCUT2D eigenvalue weighted by Gasteiger charge is -2.18. The number of benzene rings is 1. The van der Waals surface area contributed by atoms with Gasteiger partial charge in [0, 0.05) is 23.0 Å². The molecule has 0 unspecified atom stereocenters. The van der Waals surface area contributed by atoms with Crippen LogP contribution in [0.2, 0.25) is 0 Å². The van der Waals surface area contributed by atoms with Crippen molar-refractivity contribution >= 4 is 10.9 Å². The topological polar surface area (TPSA) is 36.1 Å². The van der Waals surface area contributed by atoms with Gasteiger partial charge in [0.15, 0.2) is 0 Å². The second kappa shape index (κ2) is 6.02. The molecule has 3 nitrogen and oxygen atoms in total. The van der Waals surface area contributed by atoms with E-state index < -0.39 is 0 Å². The van der Waals surface area contributed by atoms with Crippen molar-refractivity contribution in [2.45, 2.75) is 27.2 Å². The molecule has 102 valence electrons. The Hall–Kier alpha value is -1.61. The fraction of sp³-hybridized carbons (Fsp3) is 0.438. The number of rotatable bonds is 5. The standard InChI is InChI=1S/C16H22N2O/c1-4-18(5-2)11-10-14-12(3)13-8-6-7-9-15(13)17-16(14)19/h6-9H,4-5,10-11H2,1-3H3,(H,17,19). The van der Waals surface area contributed by atoms with E-state index in [9.17, 15) is 4.79 Å². The van der Waals surface area contributed by atoms with Gasteiger partial charge in [0.25, 0.3) is 5.56 Å². The SMILES string of the molecule is CCN(CC)CCc1c(C)c2ccccc2[nH]c1=O. The third kappa shape index (κ3) is 2.87. The van der Waals surface area contributed by atoms with Gasteiger partial charge in [-0.1, -0.05) is 32.0 Å². The molecule has 19 heavy (non-hydrogen) atoms. The van der Waals surface area contributed by atoms with E-state index in [2.05, 4.69) is 36.7 Å². The lowest BCUT2D eigenvalue weighted by Crippen LogP contribution is -2.27. The molecule has 0 aliphatic rings. The maximum absolute atomic E-state index is 12.2. The zero-order valence-electron chi connectivity index (χ0n) is 12.0. The van der Waals surface area contributed by atoms with Crippen LogP contribution < -0.4 is 5.56 Å². The van der Waals surface area contributed by atoms with Crippen molar-refractivity contribution in [3.63, 3.8) is 0 Å². The molecular formula is C16H22N2O. The molecule has 0 aliphatic carbocycles. The van der Waals surface area contributed by atoms with Crippen LogP contribution in [0.4, 0.5) is 0 Å². The van der Waals surface area contributed by atoms with Gasteiger partial charge in [-0.05, 0) is 38.1 Å². The van der Waals surface area contributed by atoms with Gasteiger partial charge in [0.05, 0.1) is 0 Å². The number of aromatic nitrogens is 1. The molecule has 1 heterocycles. The lowest BCUT2D eigenvalue weighted by atomic mass is 10.0. The number of H-pyrrole nitrogens is 1. The number of nitrogens with zero attached hydrogens (tertiary/aromatic N) is 1. The van der Waals surface area contributed by atoms with Gasteiger partial charge in [0.1, 0.15) is 0 Å². The highest BCUT2D eigenvalue weighted by Gasteiger charge is 2.09. The summed E-state index contributed by atoms with van der Waals surface area (Å²) in [6.45, 7) is 9.36. The van der Waals surface area contributed by atoms with E-state index >= 15 is 0 Å². The summed E-state index contributed by atoms with van der Waals surface area (Å²) in [7, 11) is 0. The molecule has 2 rings (SSSR count). The van der Waals surface area contributed by atoms with Crippen LogP contribution in [0.3, 0.4) is 0 Å². The highest BCUT2D eigenvalue weighted by molar-refractivity contribution is 5.82. The van der Waals surface area contributed by atoms with E-state index in [-0.39, 0.29) is 5.56 Å². The average molecular weight is 258 g/mol. The van der Waals surface area contributed by atoms with Crippen LogP contribution in [0.15, 0.2) is 29.1 Å². The molecule has 0 bridgehead atoms. The fourth-order valence-corrected chi connectivity index (χ4v) is 2.56. The van der Waals surface area contributed by atoms with Gasteiger partial charge in [0.2, 0.25) is 0 Å². The first kappa shape index (κ1) is 13.8. The normalized spacial score (nSPS) is 11.4. The third-order valence-corrected chi connectivity index (χ3v) is 3.88. The van der Waals surface area contributed by atoms with E-state index in [0.29, 0.717) is 0 Å². The Kier molecular flexibility index (Phi) is 4.38. The van der Waals surface area contributed by atoms with Crippen molar-refractivity contribution < 1.29 is 0 Å². The number of nitrogens with one attached hydrogen (secondary N) is 1. The number of hydrogen-bond acceptors (Lipinski definition) is 2. The molecule has 3 heteroatoms. The van der Waals surface area contributed by atoms with Gasteiger partial charge in [-0.25, -0.2) is 0 Å². The maximum atomic E-state index is 12.2. The largest absolute Gasteiger partial charge is 0.322 e. The Labute approximate surface area is 114 Å². The molecule has 1 N–H and O–H groups in total. The minimum atomic E-state index is 0.0587. The molecule has 0 saturated carbocycles. The highest BCUT2D eigenvalue weighted by atomic mass is 16.1. The third-order valence-electron chi connectivity index (χ3n) is 3.88. The number of aryl methyl sites for hydroxylation is 1. The molecule has 0 saturated heterocycles. The zero-order valence-corrected chi connectivity index (χ0v) is 12.0. The van der Waals surface area contributed by atoms with E-state index in [1.165, 1.54) is 0 Å². The van der Waals surface area contributed by atoms with E-state index in [1.807, 2.05) is 18.2 Å². The first-order chi connectivity index (χ1) is 9.17. The number of pyridine rings is 1. The Morgan fingerprint density at radius 1 is 1.16 bits per heavy atom. The number of fused-ring (bicyclic) bond motifs is 1. The van der Waals surface area contributed by atoms with Gasteiger partial charge < -0.3 is 9.88 Å². The second-order valence-corrected chi connectivity index (χ2v) is 4.88. The monoisotopic (exact) mass is 258 g/mol. The van der Waals surface area contributed by atoms with Gasteiger partial charge in [-0.2, -0.15) is 0 Å². The van der Waals surface area contributed by atoms with E-state index in [0.717, 1.165) is 48.1 Å². The van der Waals surface area contributed by atoms with Crippen LogP contribution >= 0.6 is 0 Å². The van der Waals surface area contributed by atoms with Crippen molar-refractivity contribution in [3.8, 4) is 0 Å². The number of aromatic amines is 1. The van der Waals surface area contributed by atoms with Crippen molar-refractivity contribution in [3.05, 3.63) is 45.7 Å². The maximum Gasteiger partial charge on any atom is 0.251 e. The summed E-state index contributed by atoms with van der Waals surface area (Å²) >= 11 is 0. The predicted octanol–water partition coefficient (Wildman–Crippen LogP) is 2.72. The molecule has 0 fully saturated rings. The molecule has 1 aromatic carbocycles. The second-order valence-electron chi connectivity index (χ2n) is 4.88. The summed E-state index contributed by atoms with van der Waals surface area (Å²) in [5, 5.41) is 1.15. The lowest BCUT2D eigenvalue weighted by molar-refractivity contribution is 0.307. The van der Waals surface area contributed by atoms with Crippen LogP contribution in [0.1, 0.15) is 25.0 Å². The number of para-hydroxylation sites is 1. The predicted molar refractivity (Wildman–Crippen MR) is 80.8 cm³/mol. The molecule has 0 atom stereocenters. The molecule has 0 radical (unpaired) electrons. The Balaban J connectivity index is 2.35. The van der Waals surface area contributed by atoms with Crippen LogP contribution in [-0.2, 0) is 6.42 Å². The van der Waals surface area contributed by atoms with Crippen molar-refractivity contribution in [2.75, 3.05) is 19.6 Å². The van der Waals surface area contributed by atoms with Crippen molar-refractivity contribution in [1.29, 1.82) is 0 Å². The fourth-order valence-electron chi connectivity index (χ4n) is 2.56. The summed E-state index contributed by atoms with van der Waals surface area (Å²) in [5.74, 6) is 0. The van der Waals surface area contributed by atoms with Crippen molar-refractivity contribution in [1.82, 2.24) is 9.88 Å². The summed E-state index contributed by atoms with van der Waals surface area (Å²) in [6, 6.07) is 7.99. The average Bonchev–Trinajstić information content (AvgIpc) is 2.43. The Morgan fingerprint density at radius 2 is 1.84 bits per heavy atom. The highest BCUT2D eigenvalue weighted by Crippen LogP contribution is 2.17. The molecule has 0 amide bonds. The quantitative estimate of drug-likeness (QED) is 0.895. The van der Waals surface area contributed by atoms with Crippen LogP contribution in [0.5, 0.6) is 0 Å². The first-order valence-electron chi connectivity index (χ1n) is 7.00. The summed E-state index contributed by atoms with van der Waals surface area (Å²) < 4.78 is 0. The molecule has 1 aromatic heterocycles. The molecular weight excluding hydrogens is 236 g/mol. The summed E-state index contributed by atoms with van der Waals surface area (Å²) in [5.41, 5.74) is 3.03. The number of likely N-dealkylation sites (N-methyl/N-ethyl adjacent to an activating group) is 1. The van der Waals surface area contributed by atoms with Gasteiger partial charge >= 0.3 is 0 Å². The van der Waals surface area contributed by atoms with Gasteiger partial charge in [-0.15, -0.1) is 0 Å². The van der Waals surface area contributed by atoms with Crippen LogP contribution in [-0.4, -0.2) is 29.5 Å². The molecule has 0 aliphatic heterocycles. The summed E-state index contributed by atoms with van der Waals surface area (Å²) in [4.78, 5) is 17.5.